The van der Waals surface area contributed by atoms with Crippen molar-refractivity contribution in [2.75, 3.05) is 12.0 Å². The highest BCUT2D eigenvalue weighted by Gasteiger charge is 2.33. The summed E-state index contributed by atoms with van der Waals surface area (Å²) in [5.74, 6) is 2.57. The van der Waals surface area contributed by atoms with E-state index in [0.717, 1.165) is 33.9 Å². The highest BCUT2D eigenvalue weighted by molar-refractivity contribution is 7.98. The van der Waals surface area contributed by atoms with Crippen molar-refractivity contribution in [1.82, 2.24) is 9.55 Å². The van der Waals surface area contributed by atoms with Crippen LogP contribution in [0.25, 0.3) is 11.0 Å². The molecule has 1 unspecified atom stereocenters. The van der Waals surface area contributed by atoms with Gasteiger partial charge in [0, 0.05) is 0 Å². The van der Waals surface area contributed by atoms with Gasteiger partial charge in [-0.15, -0.1) is 0 Å². The van der Waals surface area contributed by atoms with Crippen LogP contribution in [0.4, 0.5) is 0 Å². The second-order valence-electron chi connectivity index (χ2n) is 7.13. The zero-order valence-electron chi connectivity index (χ0n) is 15.8. The number of benzene rings is 2. The maximum atomic E-state index is 6.28. The van der Waals surface area contributed by atoms with Crippen LogP contribution in [0.3, 0.4) is 0 Å². The van der Waals surface area contributed by atoms with E-state index >= 15 is 0 Å². The molecule has 0 aliphatic carbocycles. The molecule has 4 nitrogen and oxygen atoms in total. The molecule has 1 aromatic heterocycles. The molecule has 26 heavy (non-hydrogen) atoms. The third-order valence-electron chi connectivity index (χ3n) is 4.93. The molecule has 0 N–H and O–H groups in total. The van der Waals surface area contributed by atoms with Crippen molar-refractivity contribution in [3.63, 3.8) is 0 Å². The molecule has 0 radical (unpaired) electrons. The number of fused-ring (bicyclic) bond motifs is 2. The van der Waals surface area contributed by atoms with Crippen molar-refractivity contribution < 1.29 is 4.74 Å². The summed E-state index contributed by atoms with van der Waals surface area (Å²) in [6, 6.07) is 10.6. The van der Waals surface area contributed by atoms with E-state index in [1.165, 1.54) is 16.7 Å². The van der Waals surface area contributed by atoms with E-state index in [-0.39, 0.29) is 0 Å². The molecule has 0 spiro atoms. The number of nitrogens with zero attached hydrogens (tertiary/aromatic N) is 3. The summed E-state index contributed by atoms with van der Waals surface area (Å²) in [6.07, 6.45) is 3.96. The monoisotopic (exact) mass is 365 g/mol. The molecule has 2 aromatic carbocycles. The maximum absolute atomic E-state index is 6.28. The SMILES string of the molecule is CSCC1(C)N=C(n2cnc3c(C)c(C)ccc32)c2ccc(C)cc2O1. The third-order valence-corrected chi connectivity index (χ3v) is 5.76. The fourth-order valence-corrected chi connectivity index (χ4v) is 4.11. The summed E-state index contributed by atoms with van der Waals surface area (Å²) < 4.78 is 8.38. The lowest BCUT2D eigenvalue weighted by atomic mass is 10.1. The standard InChI is InChI=1S/C21H23N3OS/c1-13-6-8-16-18(10-13)25-21(4,11-26-5)23-20(16)24-12-22-19-15(3)14(2)7-9-17(19)24/h6-10,12H,11H2,1-5H3. The molecule has 1 aliphatic heterocycles. The fourth-order valence-electron chi connectivity index (χ4n) is 3.45. The first-order valence-electron chi connectivity index (χ1n) is 8.74. The number of aliphatic imine (C=N–C) groups is 1. The van der Waals surface area contributed by atoms with Crippen LogP contribution in [0.5, 0.6) is 5.75 Å². The van der Waals surface area contributed by atoms with Gasteiger partial charge in [-0.2, -0.15) is 11.8 Å². The first-order valence-corrected chi connectivity index (χ1v) is 10.1. The van der Waals surface area contributed by atoms with Gasteiger partial charge in [0.2, 0.25) is 5.72 Å². The Kier molecular flexibility index (Phi) is 4.07. The lowest BCUT2D eigenvalue weighted by molar-refractivity contribution is 0.120. The minimum Gasteiger partial charge on any atom is -0.465 e. The predicted octanol–water partition coefficient (Wildman–Crippen LogP) is 4.73. The highest BCUT2D eigenvalue weighted by atomic mass is 32.2. The molecule has 0 bridgehead atoms. The Balaban J connectivity index is 1.96. The smallest absolute Gasteiger partial charge is 0.208 e. The van der Waals surface area contributed by atoms with Gasteiger partial charge in [-0.25, -0.2) is 9.98 Å². The van der Waals surface area contributed by atoms with Crippen LogP contribution in [-0.2, 0) is 0 Å². The molecule has 0 amide bonds. The Morgan fingerprint density at radius 2 is 1.96 bits per heavy atom. The van der Waals surface area contributed by atoms with Crippen LogP contribution < -0.4 is 4.74 Å². The van der Waals surface area contributed by atoms with Gasteiger partial charge in [-0.1, -0.05) is 12.1 Å². The van der Waals surface area contributed by atoms with E-state index in [1.807, 2.05) is 13.3 Å². The number of imidazole rings is 1. The normalized spacial score (nSPS) is 19.2. The van der Waals surface area contributed by atoms with Crippen molar-refractivity contribution in [3.05, 3.63) is 58.9 Å². The molecule has 0 saturated carbocycles. The predicted molar refractivity (Wildman–Crippen MR) is 110 cm³/mol. The first-order chi connectivity index (χ1) is 12.4. The van der Waals surface area contributed by atoms with Gasteiger partial charge in [-0.05, 0) is 68.8 Å². The second-order valence-corrected chi connectivity index (χ2v) is 8.00. The largest absolute Gasteiger partial charge is 0.465 e. The Labute approximate surface area is 158 Å². The summed E-state index contributed by atoms with van der Waals surface area (Å²) in [7, 11) is 0. The highest BCUT2D eigenvalue weighted by Crippen LogP contribution is 2.34. The maximum Gasteiger partial charge on any atom is 0.208 e. The third kappa shape index (κ3) is 2.71. The van der Waals surface area contributed by atoms with Crippen molar-refractivity contribution >= 4 is 28.6 Å². The van der Waals surface area contributed by atoms with Gasteiger partial charge < -0.3 is 4.74 Å². The fraction of sp³-hybridized carbons (Fsp3) is 0.333. The van der Waals surface area contributed by atoms with E-state index in [4.69, 9.17) is 9.73 Å². The molecule has 134 valence electrons. The molecular formula is C21H23N3OS. The molecule has 5 heteroatoms. The molecule has 0 fully saturated rings. The topological polar surface area (TPSA) is 39.4 Å². The number of hydrogen-bond acceptors (Lipinski definition) is 4. The van der Waals surface area contributed by atoms with Gasteiger partial charge in [-0.3, -0.25) is 4.57 Å². The van der Waals surface area contributed by atoms with Gasteiger partial charge >= 0.3 is 0 Å². The Hall–Kier alpha value is -2.27. The second kappa shape index (κ2) is 6.16. The first kappa shape index (κ1) is 17.2. The van der Waals surface area contributed by atoms with E-state index in [1.54, 1.807) is 11.8 Å². The number of aryl methyl sites for hydroxylation is 3. The molecule has 2 heterocycles. The van der Waals surface area contributed by atoms with Gasteiger partial charge in [0.15, 0.2) is 0 Å². The average Bonchev–Trinajstić information content (AvgIpc) is 3.01. The van der Waals surface area contributed by atoms with Crippen LogP contribution in [-0.4, -0.2) is 33.1 Å². The van der Waals surface area contributed by atoms with Gasteiger partial charge in [0.1, 0.15) is 17.9 Å². The van der Waals surface area contributed by atoms with E-state index in [2.05, 4.69) is 66.9 Å². The van der Waals surface area contributed by atoms with E-state index in [9.17, 15) is 0 Å². The molecule has 1 atom stereocenters. The van der Waals surface area contributed by atoms with Crippen LogP contribution in [0.2, 0.25) is 0 Å². The molecule has 1 aliphatic rings. The average molecular weight is 366 g/mol. The van der Waals surface area contributed by atoms with Crippen LogP contribution in [0.15, 0.2) is 41.7 Å². The summed E-state index contributed by atoms with van der Waals surface area (Å²) in [5.41, 5.74) is 6.16. The molecule has 4 rings (SSSR count). The van der Waals surface area contributed by atoms with Crippen molar-refractivity contribution in [2.24, 2.45) is 4.99 Å². The van der Waals surface area contributed by atoms with E-state index < -0.39 is 5.72 Å². The Morgan fingerprint density at radius 1 is 1.15 bits per heavy atom. The zero-order valence-corrected chi connectivity index (χ0v) is 16.6. The summed E-state index contributed by atoms with van der Waals surface area (Å²) in [5, 5.41) is 0. The number of thioether (sulfide) groups is 1. The van der Waals surface area contributed by atoms with Crippen molar-refractivity contribution in [2.45, 2.75) is 33.4 Å². The van der Waals surface area contributed by atoms with Gasteiger partial charge in [0.05, 0.1) is 22.3 Å². The lowest BCUT2D eigenvalue weighted by Gasteiger charge is -2.33. The summed E-state index contributed by atoms with van der Waals surface area (Å²) in [6.45, 7) is 8.37. The molecule has 0 saturated heterocycles. The lowest BCUT2D eigenvalue weighted by Crippen LogP contribution is -2.39. The zero-order chi connectivity index (χ0) is 18.5. The van der Waals surface area contributed by atoms with Crippen LogP contribution in [0, 0.1) is 20.8 Å². The molecule has 3 aromatic rings. The quantitative estimate of drug-likeness (QED) is 0.659. The van der Waals surface area contributed by atoms with Crippen molar-refractivity contribution in [3.8, 4) is 5.75 Å². The summed E-state index contributed by atoms with van der Waals surface area (Å²) in [4.78, 5) is 9.69. The minimum absolute atomic E-state index is 0.591. The van der Waals surface area contributed by atoms with Crippen molar-refractivity contribution in [1.29, 1.82) is 0 Å². The number of rotatable bonds is 2. The number of hydrogen-bond donors (Lipinski definition) is 0. The van der Waals surface area contributed by atoms with E-state index in [0.29, 0.717) is 0 Å². The Bertz CT molecular complexity index is 1040. The number of ether oxygens (including phenoxy) is 1. The minimum atomic E-state index is -0.591. The van der Waals surface area contributed by atoms with Crippen LogP contribution >= 0.6 is 11.8 Å². The number of aromatic nitrogens is 2. The Morgan fingerprint density at radius 3 is 2.73 bits per heavy atom. The van der Waals surface area contributed by atoms with Gasteiger partial charge in [0.25, 0.3) is 0 Å². The summed E-state index contributed by atoms with van der Waals surface area (Å²) >= 11 is 1.74. The van der Waals surface area contributed by atoms with Crippen LogP contribution in [0.1, 0.15) is 29.2 Å². The molecular weight excluding hydrogens is 342 g/mol.